The molecule has 0 fully saturated rings. The number of hydrogen-bond donors (Lipinski definition) is 2. The molecule has 2 N–H and O–H groups in total. The molecule has 2 amide bonds. The molecule has 128 valence electrons. The van der Waals surface area contributed by atoms with Crippen molar-refractivity contribution in [3.05, 3.63) is 0 Å². The summed E-state index contributed by atoms with van der Waals surface area (Å²) >= 11 is 0. The number of alkyl carbamates (subject to hydrolysis) is 1. The van der Waals surface area contributed by atoms with Crippen molar-refractivity contribution in [1.82, 2.24) is 10.2 Å². The Kier molecular flexibility index (Phi) is 8.52. The monoisotopic (exact) mass is 316 g/mol. The summed E-state index contributed by atoms with van der Waals surface area (Å²) in [6.07, 6.45) is -1.42. The molecule has 0 rings (SSSR count). The third kappa shape index (κ3) is 7.85. The summed E-state index contributed by atoms with van der Waals surface area (Å²) in [4.78, 5) is 36.4. The van der Waals surface area contributed by atoms with E-state index in [2.05, 4.69) is 5.32 Å². The Morgan fingerprint density at radius 2 is 1.55 bits per heavy atom. The van der Waals surface area contributed by atoms with Crippen molar-refractivity contribution in [2.45, 2.75) is 52.7 Å². The highest BCUT2D eigenvalue weighted by molar-refractivity contribution is 5.86. The molecule has 0 heterocycles. The first-order valence-electron chi connectivity index (χ1n) is 7.45. The molecule has 0 radical (unpaired) electrons. The Balaban J connectivity index is 4.79. The fourth-order valence-corrected chi connectivity index (χ4v) is 1.94. The molecule has 0 aliphatic rings. The van der Waals surface area contributed by atoms with Gasteiger partial charge in [-0.1, -0.05) is 27.7 Å². The number of ether oxygens (including phenoxy) is 1. The summed E-state index contributed by atoms with van der Waals surface area (Å²) in [5.41, 5.74) is 0. The molecular formula is C15H28N2O5. The van der Waals surface area contributed by atoms with Crippen molar-refractivity contribution in [2.75, 3.05) is 14.1 Å². The number of amides is 2. The van der Waals surface area contributed by atoms with Gasteiger partial charge in [0.2, 0.25) is 12.0 Å². The topological polar surface area (TPSA) is 95.9 Å². The number of carbonyl (C=O) groups is 3. The predicted molar refractivity (Wildman–Crippen MR) is 82.4 cm³/mol. The van der Waals surface area contributed by atoms with Crippen LogP contribution in [0.4, 0.5) is 4.79 Å². The first-order valence-corrected chi connectivity index (χ1v) is 7.45. The number of carboxylic acid groups (broad SMARTS) is 1. The van der Waals surface area contributed by atoms with Gasteiger partial charge in [0.05, 0.1) is 0 Å². The molecule has 2 atom stereocenters. The number of likely N-dealkylation sites (N-methyl/N-ethyl adjacent to an activating group) is 1. The molecule has 0 aromatic carbocycles. The minimum Gasteiger partial charge on any atom is -0.479 e. The van der Waals surface area contributed by atoms with Crippen LogP contribution < -0.4 is 5.32 Å². The average molecular weight is 316 g/mol. The molecule has 7 heteroatoms. The van der Waals surface area contributed by atoms with Crippen molar-refractivity contribution in [1.29, 1.82) is 0 Å². The van der Waals surface area contributed by atoms with Crippen LogP contribution in [0.25, 0.3) is 0 Å². The maximum atomic E-state index is 12.1. The van der Waals surface area contributed by atoms with Crippen molar-refractivity contribution >= 4 is 18.0 Å². The van der Waals surface area contributed by atoms with Crippen LogP contribution in [-0.2, 0) is 14.3 Å². The van der Waals surface area contributed by atoms with E-state index in [9.17, 15) is 14.4 Å². The van der Waals surface area contributed by atoms with Crippen LogP contribution in [0.3, 0.4) is 0 Å². The van der Waals surface area contributed by atoms with Gasteiger partial charge in [-0.3, -0.25) is 4.79 Å². The molecule has 22 heavy (non-hydrogen) atoms. The van der Waals surface area contributed by atoms with E-state index in [0.717, 1.165) is 0 Å². The van der Waals surface area contributed by atoms with Crippen molar-refractivity contribution in [3.63, 3.8) is 0 Å². The largest absolute Gasteiger partial charge is 0.479 e. The number of carbonyl (C=O) groups excluding carboxylic acids is 2. The van der Waals surface area contributed by atoms with Gasteiger partial charge < -0.3 is 20.1 Å². The van der Waals surface area contributed by atoms with Gasteiger partial charge in [0.15, 0.2) is 0 Å². The molecule has 0 saturated heterocycles. The van der Waals surface area contributed by atoms with Crippen LogP contribution in [0, 0.1) is 11.8 Å². The van der Waals surface area contributed by atoms with E-state index in [-0.39, 0.29) is 24.2 Å². The highest BCUT2D eigenvalue weighted by Gasteiger charge is 2.28. The maximum Gasteiger partial charge on any atom is 0.408 e. The average Bonchev–Trinajstić information content (AvgIpc) is 2.34. The van der Waals surface area contributed by atoms with Crippen molar-refractivity contribution in [2.24, 2.45) is 11.8 Å². The molecule has 0 aliphatic heterocycles. The standard InChI is InChI=1S/C15H28N2O5/c1-9(2)7-11(13(18)17(5)6)16-15(21)22-12(14(19)20)8-10(3)4/h9-12H,7-8H2,1-6H3,(H,16,21)(H,19,20)/t11-,12-/m0/s1. The van der Waals surface area contributed by atoms with Crippen LogP contribution in [0.5, 0.6) is 0 Å². The van der Waals surface area contributed by atoms with Gasteiger partial charge in [-0.15, -0.1) is 0 Å². The summed E-state index contributed by atoms with van der Waals surface area (Å²) in [6.45, 7) is 7.55. The lowest BCUT2D eigenvalue weighted by Crippen LogP contribution is -2.48. The zero-order chi connectivity index (χ0) is 17.4. The SMILES string of the molecule is CC(C)C[C@H](NC(=O)O[C@@H](CC(C)C)C(=O)O)C(=O)N(C)C. The smallest absolute Gasteiger partial charge is 0.408 e. The van der Waals surface area contributed by atoms with Gasteiger partial charge in [0.25, 0.3) is 0 Å². The lowest BCUT2D eigenvalue weighted by molar-refractivity contribution is -0.147. The van der Waals surface area contributed by atoms with Crippen molar-refractivity contribution in [3.8, 4) is 0 Å². The van der Waals surface area contributed by atoms with E-state index in [1.54, 1.807) is 14.1 Å². The molecule has 0 bridgehead atoms. The number of hydrogen-bond acceptors (Lipinski definition) is 4. The van der Waals surface area contributed by atoms with Crippen LogP contribution in [0.2, 0.25) is 0 Å². The normalized spacial score (nSPS) is 13.6. The van der Waals surface area contributed by atoms with Gasteiger partial charge in [-0.2, -0.15) is 0 Å². The van der Waals surface area contributed by atoms with E-state index in [4.69, 9.17) is 9.84 Å². The highest BCUT2D eigenvalue weighted by atomic mass is 16.6. The number of aliphatic carboxylic acids is 1. The van der Waals surface area contributed by atoms with Crippen LogP contribution >= 0.6 is 0 Å². The fraction of sp³-hybridized carbons (Fsp3) is 0.800. The minimum absolute atomic E-state index is 0.0729. The summed E-state index contributed by atoms with van der Waals surface area (Å²) in [6, 6.07) is -0.726. The zero-order valence-corrected chi connectivity index (χ0v) is 14.3. The van der Waals surface area contributed by atoms with E-state index in [0.29, 0.717) is 6.42 Å². The van der Waals surface area contributed by atoms with Crippen LogP contribution in [0.15, 0.2) is 0 Å². The van der Waals surface area contributed by atoms with Crippen LogP contribution in [-0.4, -0.2) is 54.2 Å². The first-order chi connectivity index (χ1) is 10.0. The second-order valence-electron chi connectivity index (χ2n) is 6.42. The zero-order valence-electron chi connectivity index (χ0n) is 14.3. The number of nitrogens with zero attached hydrogens (tertiary/aromatic N) is 1. The Morgan fingerprint density at radius 3 is 1.91 bits per heavy atom. The number of carboxylic acids is 1. The highest BCUT2D eigenvalue weighted by Crippen LogP contribution is 2.11. The molecule has 7 nitrogen and oxygen atoms in total. The molecule has 0 saturated carbocycles. The van der Waals surface area contributed by atoms with E-state index in [1.165, 1.54) is 4.90 Å². The summed E-state index contributed by atoms with van der Waals surface area (Å²) in [7, 11) is 3.20. The summed E-state index contributed by atoms with van der Waals surface area (Å²) in [5, 5.41) is 11.5. The van der Waals surface area contributed by atoms with Gasteiger partial charge in [-0.25, -0.2) is 9.59 Å². The molecule has 0 aromatic heterocycles. The number of nitrogens with one attached hydrogen (secondary N) is 1. The van der Waals surface area contributed by atoms with E-state index < -0.39 is 24.2 Å². The van der Waals surface area contributed by atoms with Gasteiger partial charge in [0.1, 0.15) is 6.04 Å². The van der Waals surface area contributed by atoms with Gasteiger partial charge in [-0.05, 0) is 24.7 Å². The molecule has 0 aliphatic carbocycles. The summed E-state index contributed by atoms with van der Waals surface area (Å²) < 4.78 is 4.94. The first kappa shape index (κ1) is 20.2. The summed E-state index contributed by atoms with van der Waals surface area (Å²) in [5.74, 6) is -1.17. The molecule has 0 unspecified atom stereocenters. The van der Waals surface area contributed by atoms with Crippen LogP contribution in [0.1, 0.15) is 40.5 Å². The fourth-order valence-electron chi connectivity index (χ4n) is 1.94. The second-order valence-corrected chi connectivity index (χ2v) is 6.42. The third-order valence-electron chi connectivity index (χ3n) is 2.95. The number of rotatable bonds is 8. The quantitative estimate of drug-likeness (QED) is 0.711. The maximum absolute atomic E-state index is 12.1. The Bertz CT molecular complexity index is 393. The second kappa shape index (κ2) is 9.27. The lowest BCUT2D eigenvalue weighted by Gasteiger charge is -2.24. The molecule has 0 spiro atoms. The Morgan fingerprint density at radius 1 is 1.05 bits per heavy atom. The van der Waals surface area contributed by atoms with E-state index in [1.807, 2.05) is 27.7 Å². The van der Waals surface area contributed by atoms with E-state index >= 15 is 0 Å². The van der Waals surface area contributed by atoms with Gasteiger partial charge in [0, 0.05) is 14.1 Å². The molecular weight excluding hydrogens is 288 g/mol. The Labute approximate surface area is 132 Å². The minimum atomic E-state index is -1.21. The molecule has 0 aromatic rings. The third-order valence-corrected chi connectivity index (χ3v) is 2.95. The Hall–Kier alpha value is -1.79. The van der Waals surface area contributed by atoms with Gasteiger partial charge >= 0.3 is 12.1 Å². The van der Waals surface area contributed by atoms with Crippen molar-refractivity contribution < 1.29 is 24.2 Å². The lowest BCUT2D eigenvalue weighted by atomic mass is 10.0. The predicted octanol–water partition coefficient (Wildman–Crippen LogP) is 1.71.